The van der Waals surface area contributed by atoms with Gasteiger partial charge in [0, 0.05) is 18.0 Å². The zero-order valence-corrected chi connectivity index (χ0v) is 13.1. The molecule has 0 amide bonds. The normalized spacial score (nSPS) is 20.7. The lowest BCUT2D eigenvalue weighted by molar-refractivity contribution is 0.0722. The maximum absolute atomic E-state index is 9.44. The van der Waals surface area contributed by atoms with E-state index < -0.39 is 0 Å². The van der Waals surface area contributed by atoms with Gasteiger partial charge in [-0.15, -0.1) is 0 Å². The Morgan fingerprint density at radius 3 is 2.84 bits per heavy atom. The molecule has 1 aliphatic rings. The first-order valence-corrected chi connectivity index (χ1v) is 7.21. The summed E-state index contributed by atoms with van der Waals surface area (Å²) in [6, 6.07) is 1.85. The fourth-order valence-electron chi connectivity index (χ4n) is 2.00. The third kappa shape index (κ3) is 3.43. The van der Waals surface area contributed by atoms with Gasteiger partial charge in [-0.1, -0.05) is 20.8 Å². The van der Waals surface area contributed by atoms with Crippen LogP contribution in [0.1, 0.15) is 26.6 Å². The standard InChI is InChI=1S/C13H20BrN3O2/c1-13(2,3)12-15-10(14)6-11(16-12)17-4-5-19-8-9(17)7-18/h6,9,18H,4-5,7-8H2,1-3H3. The van der Waals surface area contributed by atoms with Gasteiger partial charge in [-0.3, -0.25) is 0 Å². The first-order chi connectivity index (χ1) is 8.91. The number of anilines is 1. The highest BCUT2D eigenvalue weighted by Crippen LogP contribution is 2.26. The van der Waals surface area contributed by atoms with Gasteiger partial charge in [-0.05, 0) is 15.9 Å². The van der Waals surface area contributed by atoms with E-state index in [4.69, 9.17) is 4.74 Å². The fraction of sp³-hybridized carbons (Fsp3) is 0.692. The molecule has 1 atom stereocenters. The van der Waals surface area contributed by atoms with Gasteiger partial charge in [0.15, 0.2) is 0 Å². The van der Waals surface area contributed by atoms with Crippen LogP contribution in [-0.2, 0) is 10.2 Å². The van der Waals surface area contributed by atoms with Crippen LogP contribution < -0.4 is 4.90 Å². The van der Waals surface area contributed by atoms with Crippen molar-refractivity contribution in [3.05, 3.63) is 16.5 Å². The van der Waals surface area contributed by atoms with Gasteiger partial charge in [-0.2, -0.15) is 0 Å². The molecule has 19 heavy (non-hydrogen) atoms. The van der Waals surface area contributed by atoms with E-state index in [9.17, 15) is 5.11 Å². The van der Waals surface area contributed by atoms with Gasteiger partial charge in [-0.25, -0.2) is 9.97 Å². The molecular formula is C13H20BrN3O2. The van der Waals surface area contributed by atoms with E-state index in [0.717, 1.165) is 22.8 Å². The van der Waals surface area contributed by atoms with Crippen LogP contribution in [-0.4, -0.2) is 47.5 Å². The zero-order chi connectivity index (χ0) is 14.0. The highest BCUT2D eigenvalue weighted by Gasteiger charge is 2.26. The molecule has 0 bridgehead atoms. The molecule has 6 heteroatoms. The van der Waals surface area contributed by atoms with Crippen LogP contribution in [0.4, 0.5) is 5.82 Å². The summed E-state index contributed by atoms with van der Waals surface area (Å²) in [7, 11) is 0. The van der Waals surface area contributed by atoms with Crippen molar-refractivity contribution >= 4 is 21.7 Å². The summed E-state index contributed by atoms with van der Waals surface area (Å²) in [6.07, 6.45) is 0. The Balaban J connectivity index is 2.35. The van der Waals surface area contributed by atoms with E-state index in [0.29, 0.717) is 13.2 Å². The fourth-order valence-corrected chi connectivity index (χ4v) is 2.37. The number of aliphatic hydroxyl groups is 1. The quantitative estimate of drug-likeness (QED) is 0.837. The number of hydrogen-bond acceptors (Lipinski definition) is 5. The molecular weight excluding hydrogens is 310 g/mol. The molecule has 2 heterocycles. The van der Waals surface area contributed by atoms with Gasteiger partial charge >= 0.3 is 0 Å². The number of nitrogens with zero attached hydrogens (tertiary/aromatic N) is 3. The minimum atomic E-state index is -0.112. The molecule has 0 saturated carbocycles. The van der Waals surface area contributed by atoms with Crippen LogP contribution >= 0.6 is 15.9 Å². The molecule has 0 aromatic carbocycles. The van der Waals surface area contributed by atoms with E-state index in [1.807, 2.05) is 6.07 Å². The Labute approximate surface area is 122 Å². The first kappa shape index (κ1) is 14.7. The molecule has 1 aromatic rings. The maximum Gasteiger partial charge on any atom is 0.137 e. The van der Waals surface area contributed by atoms with Crippen molar-refractivity contribution < 1.29 is 9.84 Å². The van der Waals surface area contributed by atoms with E-state index in [2.05, 4.69) is 51.6 Å². The summed E-state index contributed by atoms with van der Waals surface area (Å²) in [5.41, 5.74) is -0.112. The summed E-state index contributed by atoms with van der Waals surface area (Å²) < 4.78 is 6.16. The summed E-state index contributed by atoms with van der Waals surface area (Å²) in [5, 5.41) is 9.44. The second kappa shape index (κ2) is 5.73. The zero-order valence-electron chi connectivity index (χ0n) is 11.6. The third-order valence-corrected chi connectivity index (χ3v) is 3.49. The number of halogens is 1. The minimum Gasteiger partial charge on any atom is -0.394 e. The molecule has 0 spiro atoms. The molecule has 0 aliphatic carbocycles. The number of aliphatic hydroxyl groups excluding tert-OH is 1. The lowest BCUT2D eigenvalue weighted by Gasteiger charge is -2.35. The van der Waals surface area contributed by atoms with Crippen molar-refractivity contribution in [1.29, 1.82) is 0 Å². The lowest BCUT2D eigenvalue weighted by atomic mass is 9.96. The lowest BCUT2D eigenvalue weighted by Crippen LogP contribution is -2.48. The second-order valence-corrected chi connectivity index (χ2v) is 6.54. The van der Waals surface area contributed by atoms with E-state index in [-0.39, 0.29) is 18.1 Å². The molecule has 1 unspecified atom stereocenters. The van der Waals surface area contributed by atoms with Crippen LogP contribution in [0.25, 0.3) is 0 Å². The monoisotopic (exact) mass is 329 g/mol. The van der Waals surface area contributed by atoms with Crippen LogP contribution in [0, 0.1) is 0 Å². The van der Waals surface area contributed by atoms with Crippen molar-refractivity contribution in [3.8, 4) is 0 Å². The van der Waals surface area contributed by atoms with E-state index in [1.165, 1.54) is 0 Å². The Morgan fingerprint density at radius 1 is 1.47 bits per heavy atom. The molecule has 1 aromatic heterocycles. The number of aromatic nitrogens is 2. The topological polar surface area (TPSA) is 58.5 Å². The van der Waals surface area contributed by atoms with Crippen LogP contribution in [0.5, 0.6) is 0 Å². The number of hydrogen-bond donors (Lipinski definition) is 1. The molecule has 1 N–H and O–H groups in total. The van der Waals surface area contributed by atoms with Crippen molar-refractivity contribution in [2.24, 2.45) is 0 Å². The minimum absolute atomic E-state index is 0.0385. The second-order valence-electron chi connectivity index (χ2n) is 5.73. The van der Waals surface area contributed by atoms with Crippen LogP contribution in [0.3, 0.4) is 0 Å². The van der Waals surface area contributed by atoms with Crippen molar-refractivity contribution in [2.45, 2.75) is 32.2 Å². The number of morpholine rings is 1. The first-order valence-electron chi connectivity index (χ1n) is 6.42. The van der Waals surface area contributed by atoms with Gasteiger partial charge < -0.3 is 14.7 Å². The van der Waals surface area contributed by atoms with Gasteiger partial charge in [0.2, 0.25) is 0 Å². The summed E-state index contributed by atoms with van der Waals surface area (Å²) in [5.74, 6) is 1.63. The predicted molar refractivity (Wildman–Crippen MR) is 77.5 cm³/mol. The summed E-state index contributed by atoms with van der Waals surface area (Å²) in [4.78, 5) is 11.2. The number of ether oxygens (including phenoxy) is 1. The molecule has 106 valence electrons. The summed E-state index contributed by atoms with van der Waals surface area (Å²) in [6.45, 7) is 8.24. The SMILES string of the molecule is CC(C)(C)c1nc(Br)cc(N2CCOCC2CO)n1. The molecule has 1 saturated heterocycles. The van der Waals surface area contributed by atoms with E-state index in [1.54, 1.807) is 0 Å². The van der Waals surface area contributed by atoms with Crippen LogP contribution in [0.2, 0.25) is 0 Å². The average Bonchev–Trinajstić information content (AvgIpc) is 2.37. The Kier molecular flexibility index (Phi) is 4.43. The molecule has 0 radical (unpaired) electrons. The van der Waals surface area contributed by atoms with Crippen LogP contribution in [0.15, 0.2) is 10.7 Å². The maximum atomic E-state index is 9.44. The Morgan fingerprint density at radius 2 is 2.21 bits per heavy atom. The van der Waals surface area contributed by atoms with Gasteiger partial charge in [0.05, 0.1) is 25.9 Å². The Hall–Kier alpha value is -0.720. The van der Waals surface area contributed by atoms with Crippen molar-refractivity contribution in [1.82, 2.24) is 9.97 Å². The highest BCUT2D eigenvalue weighted by molar-refractivity contribution is 9.10. The van der Waals surface area contributed by atoms with E-state index >= 15 is 0 Å². The largest absolute Gasteiger partial charge is 0.394 e. The Bertz CT molecular complexity index is 448. The average molecular weight is 330 g/mol. The third-order valence-electron chi connectivity index (χ3n) is 3.08. The van der Waals surface area contributed by atoms with Crippen molar-refractivity contribution in [3.63, 3.8) is 0 Å². The summed E-state index contributed by atoms with van der Waals surface area (Å²) >= 11 is 3.44. The molecule has 1 aliphatic heterocycles. The number of rotatable bonds is 2. The smallest absolute Gasteiger partial charge is 0.137 e. The molecule has 2 rings (SSSR count). The molecule has 5 nitrogen and oxygen atoms in total. The highest BCUT2D eigenvalue weighted by atomic mass is 79.9. The van der Waals surface area contributed by atoms with Gasteiger partial charge in [0.25, 0.3) is 0 Å². The van der Waals surface area contributed by atoms with Gasteiger partial charge in [0.1, 0.15) is 16.2 Å². The van der Waals surface area contributed by atoms with Crippen molar-refractivity contribution in [2.75, 3.05) is 31.3 Å². The predicted octanol–water partition coefficient (Wildman–Crippen LogP) is 1.73. The molecule has 1 fully saturated rings.